The van der Waals surface area contributed by atoms with Gasteiger partial charge in [-0.2, -0.15) is 5.10 Å². The molecule has 3 N–H and O–H groups in total. The van der Waals surface area contributed by atoms with Gasteiger partial charge in [-0.15, -0.1) is 0 Å². The molecule has 1 heterocycles. The summed E-state index contributed by atoms with van der Waals surface area (Å²) in [6.45, 7) is 1.91. The summed E-state index contributed by atoms with van der Waals surface area (Å²) in [4.78, 5) is 4.30. The third kappa shape index (κ3) is 1.22. The number of hydrogen-bond donors (Lipinski definition) is 2. The minimum absolute atomic E-state index is 0.264. The van der Waals surface area contributed by atoms with Crippen LogP contribution in [0.4, 0.5) is 0 Å². The van der Waals surface area contributed by atoms with Gasteiger partial charge in [-0.1, -0.05) is 6.42 Å². The number of aromatic amines is 1. The maximum absolute atomic E-state index is 5.93. The molecule has 4 heteroatoms. The lowest BCUT2D eigenvalue weighted by atomic mass is 10.0. The molecular weight excluding hydrogens is 152 g/mol. The maximum atomic E-state index is 5.93. The van der Waals surface area contributed by atoms with Gasteiger partial charge < -0.3 is 5.73 Å². The van der Waals surface area contributed by atoms with Gasteiger partial charge in [-0.05, 0) is 19.8 Å². The number of nitrogens with zero attached hydrogens (tertiary/aromatic N) is 2. The lowest BCUT2D eigenvalue weighted by molar-refractivity contribution is 0.583. The quantitative estimate of drug-likeness (QED) is 0.645. The SMILES string of the molecule is Cc1nc(C2CCCC2N)n[nH]1. The normalized spacial score (nSPS) is 29.5. The van der Waals surface area contributed by atoms with Crippen molar-refractivity contribution in [3.8, 4) is 0 Å². The molecule has 2 rings (SSSR count). The first-order valence-corrected chi connectivity index (χ1v) is 4.42. The second kappa shape index (κ2) is 2.86. The summed E-state index contributed by atoms with van der Waals surface area (Å²) >= 11 is 0. The zero-order valence-corrected chi connectivity index (χ0v) is 7.25. The molecule has 1 aliphatic rings. The highest BCUT2D eigenvalue weighted by molar-refractivity contribution is 5.04. The first-order valence-electron chi connectivity index (χ1n) is 4.42. The van der Waals surface area contributed by atoms with Crippen molar-refractivity contribution >= 4 is 0 Å². The van der Waals surface area contributed by atoms with E-state index in [0.717, 1.165) is 24.5 Å². The molecular formula is C8H14N4. The molecule has 2 atom stereocenters. The first kappa shape index (κ1) is 7.73. The second-order valence-corrected chi connectivity index (χ2v) is 3.48. The van der Waals surface area contributed by atoms with Crippen molar-refractivity contribution in [3.05, 3.63) is 11.6 Å². The monoisotopic (exact) mass is 166 g/mol. The summed E-state index contributed by atoms with van der Waals surface area (Å²) in [5.41, 5.74) is 5.93. The number of aromatic nitrogens is 3. The molecule has 0 bridgehead atoms. The van der Waals surface area contributed by atoms with Crippen LogP contribution in [-0.4, -0.2) is 21.2 Å². The van der Waals surface area contributed by atoms with Crippen LogP contribution in [0.3, 0.4) is 0 Å². The van der Waals surface area contributed by atoms with E-state index in [2.05, 4.69) is 15.2 Å². The summed E-state index contributed by atoms with van der Waals surface area (Å²) in [5.74, 6) is 2.16. The first-order chi connectivity index (χ1) is 5.77. The third-order valence-corrected chi connectivity index (χ3v) is 2.52. The molecule has 0 aromatic carbocycles. The molecule has 1 saturated carbocycles. The van der Waals surface area contributed by atoms with Crippen LogP contribution in [0.1, 0.15) is 36.8 Å². The van der Waals surface area contributed by atoms with Crippen LogP contribution >= 0.6 is 0 Å². The Kier molecular flexibility index (Phi) is 1.84. The zero-order valence-electron chi connectivity index (χ0n) is 7.25. The van der Waals surface area contributed by atoms with E-state index in [1.54, 1.807) is 0 Å². The largest absolute Gasteiger partial charge is 0.327 e. The van der Waals surface area contributed by atoms with Crippen LogP contribution < -0.4 is 5.73 Å². The zero-order chi connectivity index (χ0) is 8.55. The molecule has 1 fully saturated rings. The Labute approximate surface area is 71.6 Å². The van der Waals surface area contributed by atoms with E-state index < -0.39 is 0 Å². The second-order valence-electron chi connectivity index (χ2n) is 3.48. The van der Waals surface area contributed by atoms with Crippen molar-refractivity contribution in [2.24, 2.45) is 5.73 Å². The molecule has 0 spiro atoms. The van der Waals surface area contributed by atoms with Crippen molar-refractivity contribution in [1.82, 2.24) is 15.2 Å². The number of nitrogens with two attached hydrogens (primary N) is 1. The van der Waals surface area contributed by atoms with Crippen molar-refractivity contribution in [3.63, 3.8) is 0 Å². The predicted octanol–water partition coefficient (Wildman–Crippen LogP) is 0.708. The van der Waals surface area contributed by atoms with Crippen molar-refractivity contribution in [1.29, 1.82) is 0 Å². The van der Waals surface area contributed by atoms with Crippen LogP contribution in [-0.2, 0) is 0 Å². The van der Waals surface area contributed by atoms with E-state index in [0.29, 0.717) is 5.92 Å². The summed E-state index contributed by atoms with van der Waals surface area (Å²) in [5, 5.41) is 6.98. The highest BCUT2D eigenvalue weighted by Gasteiger charge is 2.28. The summed E-state index contributed by atoms with van der Waals surface area (Å²) < 4.78 is 0. The minimum Gasteiger partial charge on any atom is -0.327 e. The van der Waals surface area contributed by atoms with Crippen LogP contribution in [0.2, 0.25) is 0 Å². The van der Waals surface area contributed by atoms with Crippen molar-refractivity contribution < 1.29 is 0 Å². The van der Waals surface area contributed by atoms with Gasteiger partial charge >= 0.3 is 0 Å². The van der Waals surface area contributed by atoms with E-state index in [-0.39, 0.29) is 6.04 Å². The smallest absolute Gasteiger partial charge is 0.155 e. The Hall–Kier alpha value is -0.900. The van der Waals surface area contributed by atoms with Gasteiger partial charge in [0, 0.05) is 12.0 Å². The fourth-order valence-electron chi connectivity index (χ4n) is 1.84. The third-order valence-electron chi connectivity index (χ3n) is 2.52. The van der Waals surface area contributed by atoms with Gasteiger partial charge in [0.15, 0.2) is 5.82 Å². The lowest BCUT2D eigenvalue weighted by Gasteiger charge is -2.09. The highest BCUT2D eigenvalue weighted by atomic mass is 15.2. The average Bonchev–Trinajstić information content (AvgIpc) is 2.58. The van der Waals surface area contributed by atoms with E-state index in [1.165, 1.54) is 6.42 Å². The Morgan fingerprint density at radius 3 is 2.83 bits per heavy atom. The Morgan fingerprint density at radius 1 is 1.50 bits per heavy atom. The van der Waals surface area contributed by atoms with Crippen molar-refractivity contribution in [2.75, 3.05) is 0 Å². The fourth-order valence-corrected chi connectivity index (χ4v) is 1.84. The van der Waals surface area contributed by atoms with Crippen LogP contribution in [0.25, 0.3) is 0 Å². The number of H-pyrrole nitrogens is 1. The van der Waals surface area contributed by atoms with Gasteiger partial charge in [-0.25, -0.2) is 4.98 Å². The molecule has 4 nitrogen and oxygen atoms in total. The number of rotatable bonds is 1. The van der Waals surface area contributed by atoms with Gasteiger partial charge in [0.25, 0.3) is 0 Å². The van der Waals surface area contributed by atoms with E-state index in [1.807, 2.05) is 6.92 Å². The van der Waals surface area contributed by atoms with Gasteiger partial charge in [0.1, 0.15) is 5.82 Å². The van der Waals surface area contributed by atoms with E-state index in [9.17, 15) is 0 Å². The van der Waals surface area contributed by atoms with Gasteiger partial charge in [0.2, 0.25) is 0 Å². The molecule has 1 aliphatic carbocycles. The summed E-state index contributed by atoms with van der Waals surface area (Å²) in [6, 6.07) is 0.264. The molecule has 0 saturated heterocycles. The molecule has 12 heavy (non-hydrogen) atoms. The van der Waals surface area contributed by atoms with Crippen LogP contribution in [0.15, 0.2) is 0 Å². The Balaban J connectivity index is 2.19. The fraction of sp³-hybridized carbons (Fsp3) is 0.750. The molecule has 1 aromatic heterocycles. The molecule has 1 aromatic rings. The van der Waals surface area contributed by atoms with E-state index in [4.69, 9.17) is 5.73 Å². The van der Waals surface area contributed by atoms with Gasteiger partial charge in [0.05, 0.1) is 0 Å². The predicted molar refractivity (Wildman–Crippen MR) is 45.7 cm³/mol. The van der Waals surface area contributed by atoms with Gasteiger partial charge in [-0.3, -0.25) is 5.10 Å². The molecule has 0 radical (unpaired) electrons. The topological polar surface area (TPSA) is 67.6 Å². The van der Waals surface area contributed by atoms with E-state index >= 15 is 0 Å². The average molecular weight is 166 g/mol. The lowest BCUT2D eigenvalue weighted by Crippen LogP contribution is -2.23. The molecule has 0 amide bonds. The van der Waals surface area contributed by atoms with Crippen LogP contribution in [0, 0.1) is 6.92 Å². The Bertz CT molecular complexity index is 268. The number of nitrogens with one attached hydrogen (secondary N) is 1. The number of hydrogen-bond acceptors (Lipinski definition) is 3. The minimum atomic E-state index is 0.264. The van der Waals surface area contributed by atoms with Crippen LogP contribution in [0.5, 0.6) is 0 Å². The molecule has 2 unspecified atom stereocenters. The number of aryl methyl sites for hydroxylation is 1. The highest BCUT2D eigenvalue weighted by Crippen LogP contribution is 2.30. The summed E-state index contributed by atoms with van der Waals surface area (Å²) in [7, 11) is 0. The summed E-state index contributed by atoms with van der Waals surface area (Å²) in [6.07, 6.45) is 3.45. The Morgan fingerprint density at radius 2 is 2.33 bits per heavy atom. The van der Waals surface area contributed by atoms with Crippen molar-refractivity contribution in [2.45, 2.75) is 38.1 Å². The molecule has 66 valence electrons. The standard InChI is InChI=1S/C8H14N4/c1-5-10-8(12-11-5)6-3-2-4-7(6)9/h6-7H,2-4,9H2,1H3,(H,10,11,12). The molecule has 0 aliphatic heterocycles. The maximum Gasteiger partial charge on any atom is 0.155 e.